The van der Waals surface area contributed by atoms with Gasteiger partial charge in [0.2, 0.25) is 0 Å². The summed E-state index contributed by atoms with van der Waals surface area (Å²) in [7, 11) is -3.56. The molecule has 0 amide bonds. The van der Waals surface area contributed by atoms with Gasteiger partial charge in [-0.15, -0.1) is 11.8 Å². The van der Waals surface area contributed by atoms with Crippen LogP contribution in [0.1, 0.15) is 19.4 Å². The van der Waals surface area contributed by atoms with E-state index in [4.69, 9.17) is 0 Å². The summed E-state index contributed by atoms with van der Waals surface area (Å²) in [6.07, 6.45) is -4.31. The highest BCUT2D eigenvalue weighted by atomic mass is 32.2. The van der Waals surface area contributed by atoms with E-state index in [-0.39, 0.29) is 31.9 Å². The van der Waals surface area contributed by atoms with Gasteiger partial charge in [0, 0.05) is 44.2 Å². The van der Waals surface area contributed by atoms with Crippen LogP contribution in [0, 0.1) is 12.7 Å². The summed E-state index contributed by atoms with van der Waals surface area (Å²) in [5.74, 6) is -1.57. The van der Waals surface area contributed by atoms with Crippen molar-refractivity contribution in [2.24, 2.45) is 0 Å². The molecular weight excluding hydrogens is 418 g/mol. The molecule has 0 unspecified atom stereocenters. The van der Waals surface area contributed by atoms with Crippen molar-refractivity contribution in [3.8, 4) is 0 Å². The van der Waals surface area contributed by atoms with Crippen molar-refractivity contribution in [3.63, 3.8) is 0 Å². The smallest absolute Gasteiger partial charge is 0.366 e. The topological polar surface area (TPSA) is 43.9 Å². The van der Waals surface area contributed by atoms with Gasteiger partial charge in [-0.3, -0.25) is 0 Å². The van der Waals surface area contributed by atoms with Crippen molar-refractivity contribution < 1.29 is 26.0 Å². The summed E-state index contributed by atoms with van der Waals surface area (Å²) in [5, 5.41) is 0. The molecule has 0 aromatic heterocycles. The van der Waals surface area contributed by atoms with Gasteiger partial charge in [-0.05, 0) is 24.6 Å². The van der Waals surface area contributed by atoms with Crippen LogP contribution in [0.3, 0.4) is 0 Å². The first-order valence-electron chi connectivity index (χ1n) is 8.99. The molecule has 11 heteroatoms. The predicted octanol–water partition coefficient (Wildman–Crippen LogP) is 3.50. The molecule has 1 saturated heterocycles. The number of rotatable bonds is 7. The number of benzene rings is 1. The van der Waals surface area contributed by atoms with Gasteiger partial charge in [-0.2, -0.15) is 30.2 Å². The molecule has 0 spiro atoms. The van der Waals surface area contributed by atoms with Crippen LogP contribution in [0.4, 0.5) is 23.2 Å². The van der Waals surface area contributed by atoms with Crippen molar-refractivity contribution in [1.82, 2.24) is 8.61 Å². The average molecular weight is 444 g/mol. The predicted molar refractivity (Wildman–Crippen MR) is 104 cm³/mol. The van der Waals surface area contributed by atoms with Gasteiger partial charge in [0.05, 0.1) is 11.4 Å². The van der Waals surface area contributed by atoms with Crippen molar-refractivity contribution in [1.29, 1.82) is 0 Å². The Labute approximate surface area is 167 Å². The highest BCUT2D eigenvalue weighted by Crippen LogP contribution is 2.34. The quantitative estimate of drug-likeness (QED) is 0.478. The van der Waals surface area contributed by atoms with Crippen molar-refractivity contribution in [2.75, 3.05) is 49.9 Å². The molecule has 0 saturated carbocycles. The second-order valence-electron chi connectivity index (χ2n) is 6.45. The maximum atomic E-state index is 14.4. The number of anilines is 1. The van der Waals surface area contributed by atoms with E-state index in [0.717, 1.165) is 0 Å². The van der Waals surface area contributed by atoms with Crippen LogP contribution in [-0.4, -0.2) is 68.2 Å². The normalized spacial score (nSPS) is 16.8. The standard InChI is InChI=1S/C17H25F4N3O2S2/c1-4-23(5-2)28(25,26)24-8-6-22(7-9-24)15-11-16(13(3)10-14(15)18)27-12-17(19,20)21/h10-11H,4-9,12H2,1-3H3. The first-order chi connectivity index (χ1) is 13.0. The second-order valence-corrected chi connectivity index (χ2v) is 9.40. The molecule has 0 aliphatic carbocycles. The van der Waals surface area contributed by atoms with Crippen LogP contribution >= 0.6 is 11.8 Å². The summed E-state index contributed by atoms with van der Waals surface area (Å²) >= 11 is 0.624. The van der Waals surface area contributed by atoms with Crippen molar-refractivity contribution in [3.05, 3.63) is 23.5 Å². The van der Waals surface area contributed by atoms with Crippen molar-refractivity contribution in [2.45, 2.75) is 31.8 Å². The average Bonchev–Trinajstić information content (AvgIpc) is 2.61. The fraction of sp³-hybridized carbons (Fsp3) is 0.647. The molecule has 28 heavy (non-hydrogen) atoms. The zero-order valence-electron chi connectivity index (χ0n) is 16.1. The Morgan fingerprint density at radius 2 is 1.68 bits per heavy atom. The van der Waals surface area contributed by atoms with Gasteiger partial charge in [-0.1, -0.05) is 13.8 Å². The lowest BCUT2D eigenvalue weighted by Crippen LogP contribution is -2.53. The maximum absolute atomic E-state index is 14.4. The molecule has 0 N–H and O–H groups in total. The molecule has 1 aromatic rings. The number of nitrogens with zero attached hydrogens (tertiary/aromatic N) is 3. The molecule has 0 bridgehead atoms. The van der Waals surface area contributed by atoms with E-state index in [1.165, 1.54) is 20.7 Å². The second kappa shape index (κ2) is 9.19. The SMILES string of the molecule is CCN(CC)S(=O)(=O)N1CCN(c2cc(SCC(F)(F)F)c(C)cc2F)CC1. The first kappa shape index (κ1) is 23.2. The fourth-order valence-electron chi connectivity index (χ4n) is 3.07. The van der Waals surface area contributed by atoms with Gasteiger partial charge < -0.3 is 4.90 Å². The molecule has 1 heterocycles. The number of halogens is 4. The van der Waals surface area contributed by atoms with E-state index in [1.807, 2.05) is 0 Å². The third-order valence-electron chi connectivity index (χ3n) is 4.57. The summed E-state index contributed by atoms with van der Waals surface area (Å²) in [6.45, 7) is 6.75. The number of hydrogen-bond acceptors (Lipinski definition) is 4. The minimum atomic E-state index is -4.31. The Hall–Kier alpha value is -1.04. The number of alkyl halides is 3. The van der Waals surface area contributed by atoms with Crippen LogP contribution in [0.15, 0.2) is 17.0 Å². The lowest BCUT2D eigenvalue weighted by atomic mass is 10.2. The molecular formula is C17H25F4N3O2S2. The van der Waals surface area contributed by atoms with E-state index in [1.54, 1.807) is 25.7 Å². The molecule has 1 fully saturated rings. The van der Waals surface area contributed by atoms with Crippen LogP contribution in [0.25, 0.3) is 0 Å². The zero-order valence-corrected chi connectivity index (χ0v) is 17.7. The number of piperazine rings is 1. The summed E-state index contributed by atoms with van der Waals surface area (Å²) < 4.78 is 79.9. The van der Waals surface area contributed by atoms with E-state index < -0.39 is 28.0 Å². The van der Waals surface area contributed by atoms with Gasteiger partial charge in [0.15, 0.2) is 0 Å². The van der Waals surface area contributed by atoms with Crippen LogP contribution < -0.4 is 4.90 Å². The molecule has 1 aliphatic heterocycles. The lowest BCUT2D eigenvalue weighted by Gasteiger charge is -2.37. The van der Waals surface area contributed by atoms with Crippen molar-refractivity contribution >= 4 is 27.7 Å². The van der Waals surface area contributed by atoms with Crippen LogP contribution in [-0.2, 0) is 10.2 Å². The minimum Gasteiger partial charge on any atom is -0.366 e. The van der Waals surface area contributed by atoms with Gasteiger partial charge in [0.25, 0.3) is 10.2 Å². The summed E-state index contributed by atoms with van der Waals surface area (Å²) in [6, 6.07) is 2.66. The molecule has 0 radical (unpaired) electrons. The van der Waals surface area contributed by atoms with Gasteiger partial charge in [0.1, 0.15) is 5.82 Å². The number of aryl methyl sites for hydroxylation is 1. The lowest BCUT2D eigenvalue weighted by molar-refractivity contribution is -0.105. The molecule has 2 rings (SSSR count). The Bertz CT molecular complexity index is 775. The maximum Gasteiger partial charge on any atom is 0.398 e. The molecule has 0 atom stereocenters. The van der Waals surface area contributed by atoms with E-state index in [9.17, 15) is 26.0 Å². The van der Waals surface area contributed by atoms with E-state index >= 15 is 0 Å². The zero-order chi connectivity index (χ0) is 21.1. The number of hydrogen-bond donors (Lipinski definition) is 0. The van der Waals surface area contributed by atoms with Gasteiger partial charge >= 0.3 is 6.18 Å². The summed E-state index contributed by atoms with van der Waals surface area (Å²) in [4.78, 5) is 2.05. The monoisotopic (exact) mass is 443 g/mol. The first-order valence-corrected chi connectivity index (χ1v) is 11.4. The number of thioether (sulfide) groups is 1. The Morgan fingerprint density at radius 3 is 2.18 bits per heavy atom. The Balaban J connectivity index is 2.13. The largest absolute Gasteiger partial charge is 0.398 e. The highest BCUT2D eigenvalue weighted by Gasteiger charge is 2.32. The molecule has 160 valence electrons. The third kappa shape index (κ3) is 5.52. The third-order valence-corrected chi connectivity index (χ3v) is 7.98. The Kier molecular flexibility index (Phi) is 7.62. The fourth-order valence-corrected chi connectivity index (χ4v) is 5.48. The Morgan fingerprint density at radius 1 is 1.11 bits per heavy atom. The van der Waals surface area contributed by atoms with E-state index in [2.05, 4.69) is 0 Å². The highest BCUT2D eigenvalue weighted by molar-refractivity contribution is 7.99. The van der Waals surface area contributed by atoms with Gasteiger partial charge in [-0.25, -0.2) is 4.39 Å². The van der Waals surface area contributed by atoms with E-state index in [0.29, 0.717) is 35.3 Å². The van der Waals surface area contributed by atoms with Crippen LogP contribution in [0.5, 0.6) is 0 Å². The molecule has 5 nitrogen and oxygen atoms in total. The van der Waals surface area contributed by atoms with Crippen LogP contribution in [0.2, 0.25) is 0 Å². The minimum absolute atomic E-state index is 0.192. The summed E-state index contributed by atoms with van der Waals surface area (Å²) in [5.41, 5.74) is 0.647. The molecule has 1 aliphatic rings. The molecule has 1 aromatic carbocycles.